The van der Waals surface area contributed by atoms with Gasteiger partial charge in [0, 0.05) is 11.1 Å². The average Bonchev–Trinajstić information content (AvgIpc) is 2.41. The quantitative estimate of drug-likeness (QED) is 0.793. The zero-order valence-electron chi connectivity index (χ0n) is 9.76. The molecule has 5 heteroatoms. The molecule has 0 saturated carbocycles. The van der Waals surface area contributed by atoms with E-state index in [-0.39, 0.29) is 5.75 Å². The molecule has 18 heavy (non-hydrogen) atoms. The predicted molar refractivity (Wildman–Crippen MR) is 66.9 cm³/mol. The van der Waals surface area contributed by atoms with Crippen LogP contribution in [0.3, 0.4) is 0 Å². The van der Waals surface area contributed by atoms with E-state index < -0.39 is 0 Å². The lowest BCUT2D eigenvalue weighted by Crippen LogP contribution is -2.16. The zero-order valence-corrected chi connectivity index (χ0v) is 9.76. The lowest BCUT2D eigenvalue weighted by Gasteiger charge is -2.20. The maximum absolute atomic E-state index is 9.90. The van der Waals surface area contributed by atoms with E-state index >= 15 is 0 Å². The second-order valence-electron chi connectivity index (χ2n) is 4.21. The van der Waals surface area contributed by atoms with Gasteiger partial charge in [-0.1, -0.05) is 12.1 Å². The molecule has 2 aromatic rings. The molecule has 0 saturated heterocycles. The van der Waals surface area contributed by atoms with Gasteiger partial charge in [0.15, 0.2) is 5.82 Å². The lowest BCUT2D eigenvalue weighted by molar-refractivity contribution is 0.111. The number of phenolic OH excluding ortho intramolecular Hbond substituents is 1. The molecule has 0 unspecified atom stereocenters. The van der Waals surface area contributed by atoms with Crippen molar-refractivity contribution in [3.63, 3.8) is 0 Å². The summed E-state index contributed by atoms with van der Waals surface area (Å²) < 4.78 is 5.39. The van der Waals surface area contributed by atoms with Crippen LogP contribution in [-0.4, -0.2) is 21.9 Å². The van der Waals surface area contributed by atoms with E-state index in [4.69, 9.17) is 10.5 Å². The molecule has 2 heterocycles. The fourth-order valence-electron chi connectivity index (χ4n) is 2.19. The van der Waals surface area contributed by atoms with E-state index in [0.29, 0.717) is 30.3 Å². The van der Waals surface area contributed by atoms with Crippen LogP contribution >= 0.6 is 0 Å². The number of hydrogen-bond acceptors (Lipinski definition) is 5. The Morgan fingerprint density at radius 1 is 1.17 bits per heavy atom. The van der Waals surface area contributed by atoms with Crippen LogP contribution in [0.15, 0.2) is 24.3 Å². The molecular formula is C13H13N3O2. The van der Waals surface area contributed by atoms with E-state index in [9.17, 15) is 5.11 Å². The van der Waals surface area contributed by atoms with Crippen molar-refractivity contribution in [2.24, 2.45) is 0 Å². The molecule has 1 aromatic heterocycles. The minimum atomic E-state index is 0.199. The van der Waals surface area contributed by atoms with Crippen molar-refractivity contribution in [1.82, 2.24) is 10.2 Å². The van der Waals surface area contributed by atoms with Crippen LogP contribution in [0.25, 0.3) is 11.3 Å². The van der Waals surface area contributed by atoms with Crippen LogP contribution in [0.4, 0.5) is 5.82 Å². The number of nitrogen functional groups attached to an aromatic ring is 1. The van der Waals surface area contributed by atoms with E-state index in [1.54, 1.807) is 12.1 Å². The number of phenols is 1. The first-order valence-corrected chi connectivity index (χ1v) is 5.77. The topological polar surface area (TPSA) is 81.3 Å². The molecule has 0 radical (unpaired) electrons. The fourth-order valence-corrected chi connectivity index (χ4v) is 2.19. The molecule has 1 aromatic carbocycles. The average molecular weight is 243 g/mol. The molecule has 1 aliphatic rings. The Hall–Kier alpha value is -2.14. The third kappa shape index (κ3) is 1.69. The van der Waals surface area contributed by atoms with Gasteiger partial charge >= 0.3 is 0 Å². The summed E-state index contributed by atoms with van der Waals surface area (Å²) in [6, 6.07) is 7.10. The van der Waals surface area contributed by atoms with Crippen LogP contribution < -0.4 is 5.73 Å². The number of anilines is 1. The first-order chi connectivity index (χ1) is 8.77. The molecule has 5 nitrogen and oxygen atoms in total. The number of aromatic hydroxyl groups is 1. The van der Waals surface area contributed by atoms with Crippen molar-refractivity contribution in [2.45, 2.75) is 13.0 Å². The van der Waals surface area contributed by atoms with E-state index in [1.165, 1.54) is 0 Å². The van der Waals surface area contributed by atoms with Crippen molar-refractivity contribution in [1.29, 1.82) is 0 Å². The molecule has 0 amide bonds. The van der Waals surface area contributed by atoms with E-state index in [1.807, 2.05) is 12.1 Å². The van der Waals surface area contributed by atoms with Gasteiger partial charge in [-0.3, -0.25) is 0 Å². The van der Waals surface area contributed by atoms with E-state index in [0.717, 1.165) is 17.5 Å². The Morgan fingerprint density at radius 3 is 2.83 bits per heavy atom. The van der Waals surface area contributed by atoms with Crippen LogP contribution in [0.5, 0.6) is 5.75 Å². The molecule has 0 fully saturated rings. The summed E-state index contributed by atoms with van der Waals surface area (Å²) >= 11 is 0. The Bertz CT molecular complexity index is 599. The summed E-state index contributed by atoms with van der Waals surface area (Å²) in [5.41, 5.74) is 9.10. The second-order valence-corrected chi connectivity index (χ2v) is 4.21. The van der Waals surface area contributed by atoms with Gasteiger partial charge in [-0.15, -0.1) is 10.2 Å². The molecule has 3 N–H and O–H groups in total. The van der Waals surface area contributed by atoms with Gasteiger partial charge < -0.3 is 15.6 Å². The third-order valence-corrected chi connectivity index (χ3v) is 3.12. The minimum absolute atomic E-state index is 0.199. The fraction of sp³-hybridized carbons (Fsp3) is 0.231. The normalized spacial score (nSPS) is 14.2. The number of aromatic nitrogens is 2. The summed E-state index contributed by atoms with van der Waals surface area (Å²) in [5, 5.41) is 18.0. The molecule has 0 atom stereocenters. The maximum Gasteiger partial charge on any atom is 0.151 e. The van der Waals surface area contributed by atoms with Crippen LogP contribution in [0, 0.1) is 0 Å². The van der Waals surface area contributed by atoms with Crippen molar-refractivity contribution in [3.05, 3.63) is 35.4 Å². The highest BCUT2D eigenvalue weighted by atomic mass is 16.5. The molecule has 1 aliphatic heterocycles. The Labute approximate surface area is 104 Å². The third-order valence-electron chi connectivity index (χ3n) is 3.12. The van der Waals surface area contributed by atoms with Crippen LogP contribution in [0.1, 0.15) is 11.1 Å². The Morgan fingerprint density at radius 2 is 2.00 bits per heavy atom. The van der Waals surface area contributed by atoms with Gasteiger partial charge in [-0.2, -0.15) is 0 Å². The summed E-state index contributed by atoms with van der Waals surface area (Å²) in [7, 11) is 0. The summed E-state index contributed by atoms with van der Waals surface area (Å²) in [5.74, 6) is 0.606. The predicted octanol–water partition coefficient (Wildman–Crippen LogP) is 1.50. The van der Waals surface area contributed by atoms with Gasteiger partial charge in [0.25, 0.3) is 0 Å². The van der Waals surface area contributed by atoms with Gasteiger partial charge in [0.2, 0.25) is 0 Å². The molecular weight excluding hydrogens is 230 g/mol. The first-order valence-electron chi connectivity index (χ1n) is 5.77. The highest BCUT2D eigenvalue weighted by Gasteiger charge is 2.20. The number of nitrogens with two attached hydrogens (primary N) is 1. The highest BCUT2D eigenvalue weighted by molar-refractivity contribution is 5.71. The van der Waals surface area contributed by atoms with E-state index in [2.05, 4.69) is 10.2 Å². The first kappa shape index (κ1) is 11.0. The second kappa shape index (κ2) is 4.27. The van der Waals surface area contributed by atoms with Crippen molar-refractivity contribution < 1.29 is 9.84 Å². The summed E-state index contributed by atoms with van der Waals surface area (Å²) in [6.07, 6.45) is 0.735. The monoisotopic (exact) mass is 243 g/mol. The molecule has 3 rings (SSSR count). The molecule has 92 valence electrons. The molecule has 0 spiro atoms. The standard InChI is InChI=1S/C13H13N3O2/c14-13-10-7-18-6-5-8(10)12(15-16-13)9-3-1-2-4-11(9)17/h1-4,17H,5-7H2,(H2,14,16). The van der Waals surface area contributed by atoms with Gasteiger partial charge in [0.1, 0.15) is 11.4 Å². The van der Waals surface area contributed by atoms with Gasteiger partial charge in [-0.25, -0.2) is 0 Å². The van der Waals surface area contributed by atoms with Crippen LogP contribution in [-0.2, 0) is 17.8 Å². The minimum Gasteiger partial charge on any atom is -0.507 e. The number of hydrogen-bond donors (Lipinski definition) is 2. The number of benzene rings is 1. The highest BCUT2D eigenvalue weighted by Crippen LogP contribution is 2.33. The number of fused-ring (bicyclic) bond motifs is 1. The Balaban J connectivity index is 2.22. The van der Waals surface area contributed by atoms with Gasteiger partial charge in [-0.05, 0) is 24.1 Å². The number of para-hydroxylation sites is 1. The van der Waals surface area contributed by atoms with Crippen molar-refractivity contribution in [3.8, 4) is 17.0 Å². The number of ether oxygens (including phenoxy) is 1. The summed E-state index contributed by atoms with van der Waals surface area (Å²) in [6.45, 7) is 1.09. The largest absolute Gasteiger partial charge is 0.507 e. The number of rotatable bonds is 1. The van der Waals surface area contributed by atoms with Gasteiger partial charge in [0.05, 0.1) is 13.2 Å². The summed E-state index contributed by atoms with van der Waals surface area (Å²) in [4.78, 5) is 0. The Kier molecular flexibility index (Phi) is 2.60. The lowest BCUT2D eigenvalue weighted by atomic mass is 9.98. The van der Waals surface area contributed by atoms with Crippen LogP contribution in [0.2, 0.25) is 0 Å². The zero-order chi connectivity index (χ0) is 12.5. The SMILES string of the molecule is Nc1nnc(-c2ccccc2O)c2c1COCC2. The smallest absolute Gasteiger partial charge is 0.151 e. The number of nitrogens with zero attached hydrogens (tertiary/aromatic N) is 2. The maximum atomic E-state index is 9.90. The van der Waals surface area contributed by atoms with Crippen molar-refractivity contribution >= 4 is 5.82 Å². The van der Waals surface area contributed by atoms with Crippen molar-refractivity contribution in [2.75, 3.05) is 12.3 Å². The molecule has 0 bridgehead atoms. The molecule has 0 aliphatic carbocycles.